The molecule has 0 heterocycles. The predicted octanol–water partition coefficient (Wildman–Crippen LogP) is 3.29. The zero-order valence-electron chi connectivity index (χ0n) is 11.7. The molecule has 0 aliphatic heterocycles. The Kier molecular flexibility index (Phi) is 3.57. The lowest BCUT2D eigenvalue weighted by atomic mass is 9.85. The van der Waals surface area contributed by atoms with E-state index in [0.29, 0.717) is 6.04 Å². The molecule has 1 aromatic rings. The van der Waals surface area contributed by atoms with E-state index in [4.69, 9.17) is 0 Å². The van der Waals surface area contributed by atoms with Crippen molar-refractivity contribution in [3.05, 3.63) is 34.9 Å². The Morgan fingerprint density at radius 1 is 1.26 bits per heavy atom. The second-order valence-corrected chi connectivity index (χ2v) is 5.92. The van der Waals surface area contributed by atoms with Gasteiger partial charge in [0.05, 0.1) is 11.6 Å². The number of aryl methyl sites for hydroxylation is 1. The molecule has 1 aromatic carbocycles. The predicted molar refractivity (Wildman–Crippen MR) is 77.0 cm³/mol. The number of benzene rings is 1. The summed E-state index contributed by atoms with van der Waals surface area (Å²) in [6.07, 6.45) is 7.47. The van der Waals surface area contributed by atoms with Crippen LogP contribution in [0.3, 0.4) is 0 Å². The van der Waals surface area contributed by atoms with Crippen LogP contribution in [0.4, 0.5) is 0 Å². The first-order valence-corrected chi connectivity index (χ1v) is 7.60. The fraction of sp³-hybridized carbons (Fsp3) is 0.588. The quantitative estimate of drug-likeness (QED) is 0.824. The minimum absolute atomic E-state index is 0.662. The molecular formula is C17H22N2. The van der Waals surface area contributed by atoms with E-state index in [9.17, 15) is 5.26 Å². The monoisotopic (exact) mass is 254 g/mol. The third kappa shape index (κ3) is 2.53. The smallest absolute Gasteiger partial charge is 0.0994 e. The average Bonchev–Trinajstić information content (AvgIpc) is 3.28. The van der Waals surface area contributed by atoms with Crippen LogP contribution in [-0.4, -0.2) is 23.5 Å². The van der Waals surface area contributed by atoms with Crippen LogP contribution in [-0.2, 0) is 12.8 Å². The van der Waals surface area contributed by atoms with E-state index in [1.54, 1.807) is 0 Å². The van der Waals surface area contributed by atoms with E-state index < -0.39 is 0 Å². The summed E-state index contributed by atoms with van der Waals surface area (Å²) >= 11 is 0. The van der Waals surface area contributed by atoms with Crippen LogP contribution in [0.25, 0.3) is 0 Å². The maximum atomic E-state index is 9.28. The van der Waals surface area contributed by atoms with Gasteiger partial charge in [-0.3, -0.25) is 4.90 Å². The topological polar surface area (TPSA) is 27.0 Å². The van der Waals surface area contributed by atoms with E-state index in [2.05, 4.69) is 24.0 Å². The van der Waals surface area contributed by atoms with E-state index >= 15 is 0 Å². The highest BCUT2D eigenvalue weighted by Crippen LogP contribution is 2.34. The lowest BCUT2D eigenvalue weighted by Gasteiger charge is -2.35. The summed E-state index contributed by atoms with van der Waals surface area (Å²) in [5, 5.41) is 9.28. The summed E-state index contributed by atoms with van der Waals surface area (Å²) in [4.78, 5) is 2.72. The summed E-state index contributed by atoms with van der Waals surface area (Å²) in [6.45, 7) is 3.49. The molecule has 1 fully saturated rings. The minimum Gasteiger partial charge on any atom is -0.297 e. The molecule has 2 heteroatoms. The highest BCUT2D eigenvalue weighted by atomic mass is 15.2. The van der Waals surface area contributed by atoms with Gasteiger partial charge in [0.1, 0.15) is 0 Å². The molecule has 2 aliphatic rings. The molecule has 19 heavy (non-hydrogen) atoms. The first-order chi connectivity index (χ1) is 9.33. The van der Waals surface area contributed by atoms with Gasteiger partial charge in [0, 0.05) is 12.1 Å². The van der Waals surface area contributed by atoms with Crippen molar-refractivity contribution < 1.29 is 0 Å². The SMILES string of the molecule is CCCN(C1CC1)C1CCc2cccc(C#N)c2C1. The Morgan fingerprint density at radius 3 is 2.79 bits per heavy atom. The van der Waals surface area contributed by atoms with Gasteiger partial charge in [-0.2, -0.15) is 5.26 Å². The Morgan fingerprint density at radius 2 is 2.11 bits per heavy atom. The fourth-order valence-electron chi connectivity index (χ4n) is 3.49. The lowest BCUT2D eigenvalue weighted by molar-refractivity contribution is 0.170. The van der Waals surface area contributed by atoms with E-state index in [-0.39, 0.29) is 0 Å². The molecule has 0 amide bonds. The summed E-state index contributed by atoms with van der Waals surface area (Å²) in [5.41, 5.74) is 3.62. The van der Waals surface area contributed by atoms with Gasteiger partial charge in [-0.1, -0.05) is 19.1 Å². The molecule has 1 saturated carbocycles. The zero-order valence-corrected chi connectivity index (χ0v) is 11.7. The molecule has 0 bridgehead atoms. The Balaban J connectivity index is 1.82. The van der Waals surface area contributed by atoms with Crippen LogP contribution in [0.1, 0.15) is 49.3 Å². The second kappa shape index (κ2) is 5.35. The maximum absolute atomic E-state index is 9.28. The van der Waals surface area contributed by atoms with Gasteiger partial charge < -0.3 is 0 Å². The van der Waals surface area contributed by atoms with Crippen molar-refractivity contribution >= 4 is 0 Å². The first kappa shape index (κ1) is 12.7. The standard InChI is InChI=1S/C17H22N2/c1-2-10-19(15-8-9-15)16-7-6-13-4-3-5-14(12-18)17(13)11-16/h3-5,15-16H,2,6-11H2,1H3. The van der Waals surface area contributed by atoms with Crippen molar-refractivity contribution in [3.63, 3.8) is 0 Å². The first-order valence-electron chi connectivity index (χ1n) is 7.60. The van der Waals surface area contributed by atoms with Crippen LogP contribution in [0.5, 0.6) is 0 Å². The second-order valence-electron chi connectivity index (χ2n) is 5.92. The summed E-state index contributed by atoms with van der Waals surface area (Å²) in [6, 6.07) is 10.1. The van der Waals surface area contributed by atoms with Gasteiger partial charge >= 0.3 is 0 Å². The van der Waals surface area contributed by atoms with Crippen molar-refractivity contribution in [2.24, 2.45) is 0 Å². The van der Waals surface area contributed by atoms with E-state index in [0.717, 1.165) is 24.4 Å². The molecule has 0 radical (unpaired) electrons. The van der Waals surface area contributed by atoms with E-state index in [1.807, 2.05) is 12.1 Å². The van der Waals surface area contributed by atoms with Gasteiger partial charge in [0.15, 0.2) is 0 Å². The molecule has 2 aliphatic carbocycles. The summed E-state index contributed by atoms with van der Waals surface area (Å²) < 4.78 is 0. The molecule has 1 atom stereocenters. The molecule has 1 unspecified atom stereocenters. The molecule has 0 saturated heterocycles. The van der Waals surface area contributed by atoms with Gasteiger partial charge in [-0.25, -0.2) is 0 Å². The summed E-state index contributed by atoms with van der Waals surface area (Å²) in [5.74, 6) is 0. The van der Waals surface area contributed by atoms with Crippen LogP contribution in [0, 0.1) is 11.3 Å². The van der Waals surface area contributed by atoms with Gasteiger partial charge in [-0.05, 0) is 62.3 Å². The average molecular weight is 254 g/mol. The Bertz CT molecular complexity index is 496. The largest absolute Gasteiger partial charge is 0.297 e. The zero-order chi connectivity index (χ0) is 13.2. The molecule has 100 valence electrons. The van der Waals surface area contributed by atoms with Crippen molar-refractivity contribution in [1.29, 1.82) is 5.26 Å². The van der Waals surface area contributed by atoms with E-state index in [1.165, 1.54) is 43.4 Å². The van der Waals surface area contributed by atoms with Crippen molar-refractivity contribution in [2.75, 3.05) is 6.54 Å². The van der Waals surface area contributed by atoms with Crippen LogP contribution in [0.2, 0.25) is 0 Å². The number of nitriles is 1. The minimum atomic E-state index is 0.662. The number of hydrogen-bond acceptors (Lipinski definition) is 2. The molecule has 0 aromatic heterocycles. The number of hydrogen-bond donors (Lipinski definition) is 0. The van der Waals surface area contributed by atoms with Crippen LogP contribution in [0.15, 0.2) is 18.2 Å². The molecule has 3 rings (SSSR count). The molecule has 0 spiro atoms. The number of fused-ring (bicyclic) bond motifs is 1. The molecular weight excluding hydrogens is 232 g/mol. The molecule has 0 N–H and O–H groups in total. The number of nitrogens with zero attached hydrogens (tertiary/aromatic N) is 2. The van der Waals surface area contributed by atoms with Crippen LogP contribution < -0.4 is 0 Å². The molecule has 2 nitrogen and oxygen atoms in total. The van der Waals surface area contributed by atoms with Crippen molar-refractivity contribution in [3.8, 4) is 6.07 Å². The Labute approximate surface area is 116 Å². The normalized spacial score (nSPS) is 22.1. The third-order valence-electron chi connectivity index (χ3n) is 4.55. The fourth-order valence-corrected chi connectivity index (χ4v) is 3.49. The maximum Gasteiger partial charge on any atom is 0.0994 e. The van der Waals surface area contributed by atoms with Gasteiger partial charge in [0.2, 0.25) is 0 Å². The van der Waals surface area contributed by atoms with Crippen molar-refractivity contribution in [2.45, 2.75) is 57.5 Å². The van der Waals surface area contributed by atoms with Gasteiger partial charge in [0.25, 0.3) is 0 Å². The Hall–Kier alpha value is -1.33. The summed E-state index contributed by atoms with van der Waals surface area (Å²) in [7, 11) is 0. The number of rotatable bonds is 4. The van der Waals surface area contributed by atoms with Crippen molar-refractivity contribution in [1.82, 2.24) is 4.90 Å². The van der Waals surface area contributed by atoms with Crippen LogP contribution >= 0.6 is 0 Å². The lowest BCUT2D eigenvalue weighted by Crippen LogP contribution is -2.41. The third-order valence-corrected chi connectivity index (χ3v) is 4.55. The van der Waals surface area contributed by atoms with Gasteiger partial charge in [-0.15, -0.1) is 0 Å². The highest BCUT2D eigenvalue weighted by molar-refractivity contribution is 5.44. The highest BCUT2D eigenvalue weighted by Gasteiger charge is 2.35.